The highest BCUT2D eigenvalue weighted by molar-refractivity contribution is 6.29. The quantitative estimate of drug-likeness (QED) is 0.878. The number of nitrogens with zero attached hydrogens (tertiary/aromatic N) is 2. The summed E-state index contributed by atoms with van der Waals surface area (Å²) in [5.74, 6) is 3.01. The fourth-order valence-electron chi connectivity index (χ4n) is 2.05. The van der Waals surface area contributed by atoms with Crippen molar-refractivity contribution in [2.45, 2.75) is 13.3 Å². The van der Waals surface area contributed by atoms with Crippen molar-refractivity contribution in [3.8, 4) is 11.5 Å². The molecule has 1 aliphatic heterocycles. The molecule has 0 aliphatic carbocycles. The van der Waals surface area contributed by atoms with Gasteiger partial charge in [-0.05, 0) is 31.0 Å². The van der Waals surface area contributed by atoms with Gasteiger partial charge >= 0.3 is 0 Å². The van der Waals surface area contributed by atoms with Crippen molar-refractivity contribution in [1.82, 2.24) is 9.97 Å². The maximum Gasteiger partial charge on any atom is 0.231 e. The second-order valence-corrected chi connectivity index (χ2v) is 4.87. The van der Waals surface area contributed by atoms with Crippen molar-refractivity contribution in [3.63, 3.8) is 0 Å². The molecule has 6 heteroatoms. The molecular weight excluding hydrogens is 278 g/mol. The van der Waals surface area contributed by atoms with Crippen LogP contribution in [0, 0.1) is 6.92 Å². The number of aromatic nitrogens is 2. The zero-order valence-electron chi connectivity index (χ0n) is 11.0. The van der Waals surface area contributed by atoms with E-state index >= 15 is 0 Å². The average molecular weight is 292 g/mol. The number of rotatable bonds is 4. The van der Waals surface area contributed by atoms with Gasteiger partial charge in [0.2, 0.25) is 6.79 Å². The van der Waals surface area contributed by atoms with Crippen molar-refractivity contribution < 1.29 is 9.47 Å². The lowest BCUT2D eigenvalue weighted by Gasteiger charge is -2.07. The van der Waals surface area contributed by atoms with Gasteiger partial charge in [0.15, 0.2) is 11.5 Å². The van der Waals surface area contributed by atoms with E-state index in [1.54, 1.807) is 6.07 Å². The highest BCUT2D eigenvalue weighted by Crippen LogP contribution is 2.32. The van der Waals surface area contributed by atoms with Crippen LogP contribution in [0.15, 0.2) is 24.3 Å². The Hall–Kier alpha value is -2.01. The summed E-state index contributed by atoms with van der Waals surface area (Å²) in [6, 6.07) is 7.69. The monoisotopic (exact) mass is 291 g/mol. The second kappa shape index (κ2) is 5.54. The zero-order chi connectivity index (χ0) is 13.9. The fourth-order valence-corrected chi connectivity index (χ4v) is 2.28. The highest BCUT2D eigenvalue weighted by Gasteiger charge is 2.12. The number of ether oxygens (including phenoxy) is 2. The summed E-state index contributed by atoms with van der Waals surface area (Å²) >= 11 is 5.89. The van der Waals surface area contributed by atoms with Gasteiger partial charge in [-0.2, -0.15) is 0 Å². The van der Waals surface area contributed by atoms with E-state index in [1.165, 1.54) is 5.56 Å². The lowest BCUT2D eigenvalue weighted by molar-refractivity contribution is 0.174. The summed E-state index contributed by atoms with van der Waals surface area (Å²) in [6.07, 6.45) is 0.858. The molecule has 1 aliphatic rings. The molecule has 0 bridgehead atoms. The van der Waals surface area contributed by atoms with Gasteiger partial charge in [-0.15, -0.1) is 0 Å². The van der Waals surface area contributed by atoms with Crippen LogP contribution in [-0.4, -0.2) is 23.3 Å². The van der Waals surface area contributed by atoms with Gasteiger partial charge in [-0.3, -0.25) is 0 Å². The van der Waals surface area contributed by atoms with E-state index in [9.17, 15) is 0 Å². The molecule has 1 N–H and O–H groups in total. The number of benzene rings is 1. The molecule has 0 saturated heterocycles. The van der Waals surface area contributed by atoms with Gasteiger partial charge in [-0.1, -0.05) is 17.7 Å². The van der Waals surface area contributed by atoms with Crippen LogP contribution >= 0.6 is 11.6 Å². The molecule has 104 valence electrons. The van der Waals surface area contributed by atoms with Crippen LogP contribution in [-0.2, 0) is 6.42 Å². The van der Waals surface area contributed by atoms with E-state index in [0.717, 1.165) is 30.3 Å². The minimum atomic E-state index is 0.301. The summed E-state index contributed by atoms with van der Waals surface area (Å²) < 4.78 is 10.6. The third-order valence-electron chi connectivity index (χ3n) is 2.96. The smallest absolute Gasteiger partial charge is 0.231 e. The molecule has 0 radical (unpaired) electrons. The molecule has 1 aromatic carbocycles. The third-order valence-corrected chi connectivity index (χ3v) is 3.16. The SMILES string of the molecule is Cc1nc(Cl)cc(NCCc2ccc3c(c2)OCO3)n1. The molecule has 0 fully saturated rings. The lowest BCUT2D eigenvalue weighted by Crippen LogP contribution is -2.07. The van der Waals surface area contributed by atoms with Gasteiger partial charge in [0, 0.05) is 12.6 Å². The van der Waals surface area contributed by atoms with E-state index in [1.807, 2.05) is 25.1 Å². The summed E-state index contributed by atoms with van der Waals surface area (Å²) in [6.45, 7) is 2.87. The standard InChI is InChI=1S/C14H14ClN3O2/c1-9-17-13(15)7-14(18-9)16-5-4-10-2-3-11-12(6-10)20-8-19-11/h2-3,6-7H,4-5,8H2,1H3,(H,16,17,18). The number of fused-ring (bicyclic) bond motifs is 1. The molecule has 0 unspecified atom stereocenters. The van der Waals surface area contributed by atoms with E-state index < -0.39 is 0 Å². The highest BCUT2D eigenvalue weighted by atomic mass is 35.5. The lowest BCUT2D eigenvalue weighted by atomic mass is 10.1. The first-order valence-electron chi connectivity index (χ1n) is 6.34. The fraction of sp³-hybridized carbons (Fsp3) is 0.286. The Balaban J connectivity index is 1.59. The van der Waals surface area contributed by atoms with Crippen LogP contribution in [0.4, 0.5) is 5.82 Å². The number of anilines is 1. The Morgan fingerprint density at radius 2 is 2.05 bits per heavy atom. The molecule has 0 atom stereocenters. The Bertz CT molecular complexity index is 614. The number of aryl methyl sites for hydroxylation is 1. The normalized spacial score (nSPS) is 12.5. The van der Waals surface area contributed by atoms with E-state index in [2.05, 4.69) is 15.3 Å². The molecular formula is C14H14ClN3O2. The van der Waals surface area contributed by atoms with Crippen molar-refractivity contribution in [2.24, 2.45) is 0 Å². The molecule has 0 spiro atoms. The van der Waals surface area contributed by atoms with Crippen LogP contribution < -0.4 is 14.8 Å². The molecule has 2 heterocycles. The summed E-state index contributed by atoms with van der Waals surface area (Å²) in [7, 11) is 0. The first-order chi connectivity index (χ1) is 9.70. The number of hydrogen-bond acceptors (Lipinski definition) is 5. The largest absolute Gasteiger partial charge is 0.454 e. The van der Waals surface area contributed by atoms with Crippen LogP contribution in [0.3, 0.4) is 0 Å². The molecule has 0 amide bonds. The van der Waals surface area contributed by atoms with E-state index in [4.69, 9.17) is 21.1 Å². The molecule has 20 heavy (non-hydrogen) atoms. The predicted molar refractivity (Wildman–Crippen MR) is 76.5 cm³/mol. The Morgan fingerprint density at radius 3 is 2.90 bits per heavy atom. The van der Waals surface area contributed by atoms with Crippen molar-refractivity contribution in [3.05, 3.63) is 40.8 Å². The number of hydrogen-bond donors (Lipinski definition) is 1. The van der Waals surface area contributed by atoms with Gasteiger partial charge in [0.05, 0.1) is 0 Å². The summed E-state index contributed by atoms with van der Waals surface area (Å²) in [4.78, 5) is 8.30. The maximum atomic E-state index is 5.89. The van der Waals surface area contributed by atoms with Gasteiger partial charge in [0.25, 0.3) is 0 Å². The van der Waals surface area contributed by atoms with Gasteiger partial charge in [0.1, 0.15) is 16.8 Å². The molecule has 5 nitrogen and oxygen atoms in total. The summed E-state index contributed by atoms with van der Waals surface area (Å²) in [5.41, 5.74) is 1.18. The van der Waals surface area contributed by atoms with Crippen molar-refractivity contribution in [1.29, 1.82) is 0 Å². The predicted octanol–water partition coefficient (Wildman–Crippen LogP) is 2.82. The molecule has 2 aromatic rings. The van der Waals surface area contributed by atoms with Crippen LogP contribution in [0.25, 0.3) is 0 Å². The van der Waals surface area contributed by atoms with Crippen molar-refractivity contribution >= 4 is 17.4 Å². The van der Waals surface area contributed by atoms with Gasteiger partial charge < -0.3 is 14.8 Å². The number of nitrogens with one attached hydrogen (secondary N) is 1. The minimum absolute atomic E-state index is 0.301. The first kappa shape index (κ1) is 13.0. The Labute approximate surface area is 121 Å². The van der Waals surface area contributed by atoms with Crippen LogP contribution in [0.5, 0.6) is 11.5 Å². The van der Waals surface area contributed by atoms with E-state index in [-0.39, 0.29) is 0 Å². The molecule has 3 rings (SSSR count). The average Bonchev–Trinajstić information content (AvgIpc) is 2.85. The first-order valence-corrected chi connectivity index (χ1v) is 6.72. The molecule has 1 aromatic heterocycles. The van der Waals surface area contributed by atoms with Crippen LogP contribution in [0.2, 0.25) is 5.15 Å². The maximum absolute atomic E-state index is 5.89. The molecule has 0 saturated carbocycles. The summed E-state index contributed by atoms with van der Waals surface area (Å²) in [5, 5.41) is 3.68. The van der Waals surface area contributed by atoms with E-state index in [0.29, 0.717) is 17.8 Å². The third kappa shape index (κ3) is 2.93. The minimum Gasteiger partial charge on any atom is -0.454 e. The van der Waals surface area contributed by atoms with Crippen LogP contribution in [0.1, 0.15) is 11.4 Å². The van der Waals surface area contributed by atoms with Gasteiger partial charge in [-0.25, -0.2) is 9.97 Å². The topological polar surface area (TPSA) is 56.3 Å². The number of halogens is 1. The second-order valence-electron chi connectivity index (χ2n) is 4.49. The Morgan fingerprint density at radius 1 is 1.20 bits per heavy atom. The van der Waals surface area contributed by atoms with Crippen molar-refractivity contribution in [2.75, 3.05) is 18.7 Å². The zero-order valence-corrected chi connectivity index (χ0v) is 11.8. The Kier molecular flexibility index (Phi) is 3.60.